The fraction of sp³-hybridized carbons (Fsp3) is 0.265. The van der Waals surface area contributed by atoms with Gasteiger partial charge in [0.05, 0.1) is 28.6 Å². The first-order chi connectivity index (χ1) is 23.2. The summed E-state index contributed by atoms with van der Waals surface area (Å²) in [6, 6.07) is 20.2. The summed E-state index contributed by atoms with van der Waals surface area (Å²) in [5.41, 5.74) is 0.658. The Balaban J connectivity index is 0.000000435. The van der Waals surface area contributed by atoms with Crippen molar-refractivity contribution >= 4 is 21.7 Å². The minimum Gasteiger partial charge on any atom is -0.406 e. The van der Waals surface area contributed by atoms with Gasteiger partial charge in [-0.1, -0.05) is 35.9 Å². The van der Waals surface area contributed by atoms with Crippen LogP contribution in [0.1, 0.15) is 54.3 Å². The molecule has 0 unspecified atom stereocenters. The largest absolute Gasteiger partial charge is 0.573 e. The minimum absolute atomic E-state index is 0.0666. The molecule has 0 saturated carbocycles. The molecule has 1 saturated heterocycles. The molecule has 0 spiro atoms. The molecule has 2 atom stereocenters. The van der Waals surface area contributed by atoms with Gasteiger partial charge < -0.3 is 9.64 Å². The van der Waals surface area contributed by atoms with E-state index in [2.05, 4.69) is 15.0 Å². The number of nitrogens with one attached hydrogen (secondary N) is 1. The fourth-order valence-electron chi connectivity index (χ4n) is 5.25. The second kappa shape index (κ2) is 14.5. The Morgan fingerprint density at radius 3 is 2.12 bits per heavy atom. The van der Waals surface area contributed by atoms with Crippen LogP contribution < -0.4 is 15.0 Å². The van der Waals surface area contributed by atoms with Gasteiger partial charge in [0.15, 0.2) is 0 Å². The summed E-state index contributed by atoms with van der Waals surface area (Å²) >= 11 is 0. The smallest absolute Gasteiger partial charge is 0.406 e. The minimum atomic E-state index is -4.88. The first kappa shape index (κ1) is 37.8. The molecule has 0 radical (unpaired) electrons. The number of pyridine rings is 1. The van der Waals surface area contributed by atoms with E-state index >= 15 is 0 Å². The lowest BCUT2D eigenvalue weighted by Gasteiger charge is -2.30. The van der Waals surface area contributed by atoms with E-state index in [9.17, 15) is 44.8 Å². The summed E-state index contributed by atoms with van der Waals surface area (Å²) in [5, 5.41) is 12.5. The Labute approximate surface area is 283 Å². The number of amides is 1. The number of nitrogens with zero attached hydrogens (tertiary/aromatic N) is 3. The molecule has 16 heteroatoms. The number of benzene rings is 3. The number of carbonyl (C=O) groups excluding carboxylic acids is 1. The third kappa shape index (κ3) is 9.59. The normalized spacial score (nSPS) is 16.7. The van der Waals surface area contributed by atoms with E-state index in [4.69, 9.17) is 4.55 Å². The average molecular weight is 721 g/mol. The highest BCUT2D eigenvalue weighted by atomic mass is 32.2. The molecule has 2 heterocycles. The van der Waals surface area contributed by atoms with Gasteiger partial charge in [-0.25, -0.2) is 0 Å². The maximum absolute atomic E-state index is 13.7. The second-order valence-corrected chi connectivity index (χ2v) is 13.2. The van der Waals surface area contributed by atoms with Crippen molar-refractivity contribution in [2.24, 2.45) is 0 Å². The highest BCUT2D eigenvalue weighted by Crippen LogP contribution is 2.40. The number of alkyl halides is 6. The lowest BCUT2D eigenvalue weighted by molar-refractivity contribution is -0.274. The van der Waals surface area contributed by atoms with Crippen LogP contribution in [0.5, 0.6) is 5.75 Å². The number of ether oxygens (including phenoxy) is 1. The highest BCUT2D eigenvalue weighted by molar-refractivity contribution is 7.85. The van der Waals surface area contributed by atoms with Gasteiger partial charge in [0, 0.05) is 17.4 Å². The summed E-state index contributed by atoms with van der Waals surface area (Å²) in [6.07, 6.45) is -8.16. The molecular formula is C34H30F6N4O5S. The van der Waals surface area contributed by atoms with Gasteiger partial charge in [0.1, 0.15) is 11.4 Å². The fourth-order valence-corrected chi connectivity index (χ4v) is 5.73. The summed E-state index contributed by atoms with van der Waals surface area (Å²) < 4.78 is 110. The topological polar surface area (TPSA) is 133 Å². The zero-order chi connectivity index (χ0) is 37.1. The van der Waals surface area contributed by atoms with E-state index in [1.54, 1.807) is 50.2 Å². The van der Waals surface area contributed by atoms with E-state index < -0.39 is 57.6 Å². The van der Waals surface area contributed by atoms with E-state index in [-0.39, 0.29) is 11.3 Å². The summed E-state index contributed by atoms with van der Waals surface area (Å²) in [6.45, 7) is 5.23. The van der Waals surface area contributed by atoms with Crippen molar-refractivity contribution in [1.82, 2.24) is 10.3 Å². The van der Waals surface area contributed by atoms with Gasteiger partial charge in [0.25, 0.3) is 10.1 Å². The van der Waals surface area contributed by atoms with Crippen LogP contribution in [0.3, 0.4) is 0 Å². The van der Waals surface area contributed by atoms with E-state index in [1.165, 1.54) is 35.2 Å². The van der Waals surface area contributed by atoms with Crippen molar-refractivity contribution in [3.63, 3.8) is 0 Å². The Morgan fingerprint density at radius 1 is 0.960 bits per heavy atom. The van der Waals surface area contributed by atoms with Gasteiger partial charge >= 0.3 is 12.5 Å². The number of hydrogen-bond donors (Lipinski definition) is 2. The van der Waals surface area contributed by atoms with Crippen LogP contribution >= 0.6 is 0 Å². The van der Waals surface area contributed by atoms with Gasteiger partial charge in [0.2, 0.25) is 5.91 Å². The molecule has 1 fully saturated rings. The Bertz CT molecular complexity index is 1960. The SMILES string of the molecule is CC(C)(N[C@@H]1C[C@H](c2cccc(C#N)c2)N(c2ccc(OC(F)(F)F)cc2)C1=O)c1ccc(C(F)(F)F)nc1.Cc1ccc(S(=O)(=O)O)cc1. The maximum atomic E-state index is 13.7. The summed E-state index contributed by atoms with van der Waals surface area (Å²) in [7, 11) is -4.02. The Kier molecular flexibility index (Phi) is 11.0. The van der Waals surface area contributed by atoms with Crippen LogP contribution in [0.15, 0.2) is 96.0 Å². The van der Waals surface area contributed by atoms with Crippen molar-refractivity contribution in [2.75, 3.05) is 4.90 Å². The number of nitriles is 1. The van der Waals surface area contributed by atoms with Crippen LogP contribution in [0.25, 0.3) is 0 Å². The zero-order valence-corrected chi connectivity index (χ0v) is 27.4. The molecular weight excluding hydrogens is 690 g/mol. The van der Waals surface area contributed by atoms with E-state index in [1.807, 2.05) is 13.0 Å². The van der Waals surface area contributed by atoms with Gasteiger partial charge in [-0.15, -0.1) is 13.2 Å². The predicted molar refractivity (Wildman–Crippen MR) is 169 cm³/mol. The number of aryl methyl sites for hydroxylation is 1. The Hall–Kier alpha value is -4.98. The molecule has 0 bridgehead atoms. The summed E-state index contributed by atoms with van der Waals surface area (Å²) in [5.74, 6) is -0.855. The first-order valence-electron chi connectivity index (χ1n) is 14.7. The standard InChI is InChI=1S/C27H22F6N4O2.C7H8O3S/c1-25(2,18-6-11-23(35-15-18)26(28,29)30)36-21-13-22(17-5-3-4-16(12-17)14-34)37(24(21)38)19-7-9-20(10-8-19)39-27(31,32)33;1-6-2-4-7(5-3-6)11(8,9)10/h3-12,15,21-22,36H,13H2,1-2H3;2-5H,1H3,(H,8,9,10)/t21-,22-;/m1./s1. The maximum Gasteiger partial charge on any atom is 0.573 e. The number of anilines is 1. The molecule has 1 aliphatic rings. The zero-order valence-electron chi connectivity index (χ0n) is 26.6. The third-order valence-corrected chi connectivity index (χ3v) is 8.55. The molecule has 9 nitrogen and oxygen atoms in total. The number of halogens is 6. The molecule has 1 aromatic heterocycles. The van der Waals surface area contributed by atoms with Crippen molar-refractivity contribution < 1.29 is 48.8 Å². The number of hydrogen-bond acceptors (Lipinski definition) is 7. The van der Waals surface area contributed by atoms with Crippen molar-refractivity contribution in [1.29, 1.82) is 5.26 Å². The second-order valence-electron chi connectivity index (χ2n) is 11.8. The third-order valence-electron chi connectivity index (χ3n) is 7.68. The molecule has 50 heavy (non-hydrogen) atoms. The van der Waals surface area contributed by atoms with Crippen molar-refractivity contribution in [3.05, 3.63) is 119 Å². The van der Waals surface area contributed by atoms with E-state index in [0.717, 1.165) is 30.0 Å². The average Bonchev–Trinajstić information content (AvgIpc) is 3.35. The lowest BCUT2D eigenvalue weighted by Crippen LogP contribution is -2.47. The number of carbonyl (C=O) groups is 1. The molecule has 1 aliphatic heterocycles. The van der Waals surface area contributed by atoms with Crippen LogP contribution in [0.4, 0.5) is 32.0 Å². The molecule has 0 aliphatic carbocycles. The lowest BCUT2D eigenvalue weighted by atomic mass is 9.93. The van der Waals surface area contributed by atoms with Gasteiger partial charge in [-0.2, -0.15) is 26.9 Å². The highest BCUT2D eigenvalue weighted by Gasteiger charge is 2.44. The first-order valence-corrected chi connectivity index (χ1v) is 16.2. The molecule has 3 aromatic carbocycles. The molecule has 1 amide bonds. The summed E-state index contributed by atoms with van der Waals surface area (Å²) in [4.78, 5) is 18.5. The molecule has 4 aromatic rings. The Morgan fingerprint density at radius 2 is 1.60 bits per heavy atom. The van der Waals surface area contributed by atoms with Crippen molar-refractivity contribution in [2.45, 2.75) is 62.2 Å². The monoisotopic (exact) mass is 720 g/mol. The van der Waals surface area contributed by atoms with Crippen molar-refractivity contribution in [3.8, 4) is 11.8 Å². The van der Waals surface area contributed by atoms with Crippen LogP contribution in [0, 0.1) is 18.3 Å². The predicted octanol–water partition coefficient (Wildman–Crippen LogP) is 7.48. The molecule has 264 valence electrons. The van der Waals surface area contributed by atoms with Crippen LogP contribution in [0.2, 0.25) is 0 Å². The molecule has 2 N–H and O–H groups in total. The van der Waals surface area contributed by atoms with Gasteiger partial charge in [-0.3, -0.25) is 19.6 Å². The molecule has 5 rings (SSSR count). The number of aromatic nitrogens is 1. The van der Waals surface area contributed by atoms with E-state index in [0.29, 0.717) is 22.4 Å². The quantitative estimate of drug-likeness (QED) is 0.148. The number of rotatable bonds is 7. The van der Waals surface area contributed by atoms with Crippen LogP contribution in [-0.2, 0) is 26.6 Å². The van der Waals surface area contributed by atoms with Gasteiger partial charge in [-0.05, 0) is 92.9 Å². The van der Waals surface area contributed by atoms with Crippen LogP contribution in [-0.4, -0.2) is 36.3 Å².